The zero-order valence-electron chi connectivity index (χ0n) is 14.4. The Labute approximate surface area is 151 Å². The van der Waals surface area contributed by atoms with E-state index in [4.69, 9.17) is 4.74 Å². The molecule has 22 heavy (non-hydrogen) atoms. The van der Waals surface area contributed by atoms with E-state index in [0.717, 1.165) is 26.2 Å². The number of aliphatic imine (C=N–C) groups is 1. The second-order valence-corrected chi connectivity index (χ2v) is 6.24. The number of amides is 1. The predicted octanol–water partition coefficient (Wildman–Crippen LogP) is 1.31. The van der Waals surface area contributed by atoms with Crippen LogP contribution in [0.5, 0.6) is 0 Å². The lowest BCUT2D eigenvalue weighted by atomic mass is 10.1. The molecule has 1 aliphatic rings. The molecule has 0 saturated carbocycles. The smallest absolute Gasteiger partial charge is 0.243 e. The van der Waals surface area contributed by atoms with Crippen molar-refractivity contribution < 1.29 is 9.53 Å². The van der Waals surface area contributed by atoms with E-state index in [0.29, 0.717) is 23.8 Å². The van der Waals surface area contributed by atoms with Gasteiger partial charge in [-0.25, -0.2) is 4.99 Å². The molecule has 1 heterocycles. The maximum atomic E-state index is 11.7. The van der Waals surface area contributed by atoms with Crippen LogP contribution in [-0.4, -0.2) is 63.2 Å². The summed E-state index contributed by atoms with van der Waals surface area (Å²) in [4.78, 5) is 17.6. The number of likely N-dealkylation sites (N-methyl/N-ethyl adjacent to an activating group) is 1. The van der Waals surface area contributed by atoms with Gasteiger partial charge in [-0.2, -0.15) is 0 Å². The first-order chi connectivity index (χ1) is 9.90. The van der Waals surface area contributed by atoms with E-state index in [9.17, 15) is 4.79 Å². The molecular weight excluding hydrogens is 395 g/mol. The molecule has 2 N–H and O–H groups in total. The molecule has 0 bridgehead atoms. The van der Waals surface area contributed by atoms with Gasteiger partial charge in [0, 0.05) is 39.2 Å². The Bertz CT molecular complexity index is 355. The van der Waals surface area contributed by atoms with E-state index < -0.39 is 0 Å². The molecule has 1 amide bonds. The van der Waals surface area contributed by atoms with Crippen molar-refractivity contribution in [2.45, 2.75) is 33.2 Å². The van der Waals surface area contributed by atoms with Crippen LogP contribution in [0.3, 0.4) is 0 Å². The number of rotatable bonds is 6. The molecule has 1 fully saturated rings. The van der Waals surface area contributed by atoms with Crippen molar-refractivity contribution in [3.05, 3.63) is 0 Å². The molecule has 1 saturated heterocycles. The van der Waals surface area contributed by atoms with Crippen LogP contribution in [-0.2, 0) is 9.53 Å². The number of hydrogen-bond acceptors (Lipinski definition) is 3. The molecule has 6 nitrogen and oxygen atoms in total. The molecule has 7 heteroatoms. The van der Waals surface area contributed by atoms with Crippen LogP contribution in [0.2, 0.25) is 0 Å². The Balaban J connectivity index is 0.00000441. The van der Waals surface area contributed by atoms with Gasteiger partial charge in [-0.3, -0.25) is 4.79 Å². The standard InChI is InChI=1S/C15H30N4O2.HI/c1-11(2)12(3)18-15(17-9-14(20)19(4)5)16-8-13-6-7-21-10-13;/h11-13H,6-10H2,1-5H3,(H2,16,17,18);1H. The predicted molar refractivity (Wildman–Crippen MR) is 101 cm³/mol. The summed E-state index contributed by atoms with van der Waals surface area (Å²) < 4.78 is 5.38. The summed E-state index contributed by atoms with van der Waals surface area (Å²) >= 11 is 0. The molecule has 1 aliphatic heterocycles. The van der Waals surface area contributed by atoms with E-state index in [1.807, 2.05) is 0 Å². The fourth-order valence-electron chi connectivity index (χ4n) is 1.81. The average molecular weight is 426 g/mol. The van der Waals surface area contributed by atoms with Gasteiger partial charge in [-0.1, -0.05) is 13.8 Å². The van der Waals surface area contributed by atoms with Crippen LogP contribution in [0.1, 0.15) is 27.2 Å². The van der Waals surface area contributed by atoms with Gasteiger partial charge in [0.1, 0.15) is 6.54 Å². The van der Waals surface area contributed by atoms with Crippen molar-refractivity contribution in [1.82, 2.24) is 15.5 Å². The van der Waals surface area contributed by atoms with Crippen molar-refractivity contribution >= 4 is 35.8 Å². The summed E-state index contributed by atoms with van der Waals surface area (Å²) in [6.07, 6.45) is 1.08. The van der Waals surface area contributed by atoms with Crippen molar-refractivity contribution in [3.63, 3.8) is 0 Å². The summed E-state index contributed by atoms with van der Waals surface area (Å²) in [5.74, 6) is 1.73. The number of nitrogens with zero attached hydrogens (tertiary/aromatic N) is 2. The third-order valence-corrected chi connectivity index (χ3v) is 3.82. The monoisotopic (exact) mass is 426 g/mol. The second-order valence-electron chi connectivity index (χ2n) is 6.24. The zero-order chi connectivity index (χ0) is 15.8. The highest BCUT2D eigenvalue weighted by Crippen LogP contribution is 2.10. The number of nitrogens with one attached hydrogen (secondary N) is 2. The Hall–Kier alpha value is -0.570. The molecule has 1 rings (SSSR count). The van der Waals surface area contributed by atoms with E-state index in [1.54, 1.807) is 19.0 Å². The van der Waals surface area contributed by atoms with Crippen molar-refractivity contribution in [3.8, 4) is 0 Å². The molecule has 0 spiro atoms. The summed E-state index contributed by atoms with van der Waals surface area (Å²) in [5, 5.41) is 6.69. The molecule has 0 aromatic rings. The number of hydrogen-bond donors (Lipinski definition) is 2. The Morgan fingerprint density at radius 1 is 1.36 bits per heavy atom. The topological polar surface area (TPSA) is 66.0 Å². The van der Waals surface area contributed by atoms with Gasteiger partial charge in [0.25, 0.3) is 0 Å². The van der Waals surface area contributed by atoms with Gasteiger partial charge < -0.3 is 20.3 Å². The summed E-state index contributed by atoms with van der Waals surface area (Å²) in [6.45, 7) is 9.07. The van der Waals surface area contributed by atoms with Crippen molar-refractivity contribution in [2.75, 3.05) is 40.4 Å². The fourth-order valence-corrected chi connectivity index (χ4v) is 1.81. The van der Waals surface area contributed by atoms with Crippen LogP contribution in [0.15, 0.2) is 4.99 Å². The molecule has 0 aromatic carbocycles. The minimum Gasteiger partial charge on any atom is -0.381 e. The number of guanidine groups is 1. The SMILES string of the molecule is CC(C)C(C)NC(=NCC(=O)N(C)C)NCC1CCOC1.I. The third-order valence-electron chi connectivity index (χ3n) is 3.82. The van der Waals surface area contributed by atoms with Gasteiger partial charge >= 0.3 is 0 Å². The molecule has 130 valence electrons. The highest BCUT2D eigenvalue weighted by atomic mass is 127. The normalized spacial score (nSPS) is 19.5. The Morgan fingerprint density at radius 2 is 2.05 bits per heavy atom. The number of carbonyl (C=O) groups excluding carboxylic acids is 1. The highest BCUT2D eigenvalue weighted by molar-refractivity contribution is 14.0. The van der Waals surface area contributed by atoms with Gasteiger partial charge in [0.2, 0.25) is 5.91 Å². The van der Waals surface area contributed by atoms with Crippen LogP contribution < -0.4 is 10.6 Å². The minimum atomic E-state index is -0.00232. The van der Waals surface area contributed by atoms with Gasteiger partial charge in [0.05, 0.1) is 6.61 Å². The molecule has 0 radical (unpaired) electrons. The maximum Gasteiger partial charge on any atom is 0.243 e. The molecule has 2 unspecified atom stereocenters. The number of carbonyl (C=O) groups is 1. The van der Waals surface area contributed by atoms with E-state index >= 15 is 0 Å². The van der Waals surface area contributed by atoms with Crippen LogP contribution in [0.4, 0.5) is 0 Å². The summed E-state index contributed by atoms with van der Waals surface area (Å²) in [5.41, 5.74) is 0. The first kappa shape index (κ1) is 21.4. The van der Waals surface area contributed by atoms with E-state index in [-0.39, 0.29) is 36.4 Å². The zero-order valence-corrected chi connectivity index (χ0v) is 16.7. The molecule has 0 aromatic heterocycles. The van der Waals surface area contributed by atoms with Gasteiger partial charge in [0.15, 0.2) is 5.96 Å². The Morgan fingerprint density at radius 3 is 2.55 bits per heavy atom. The van der Waals surface area contributed by atoms with Crippen molar-refractivity contribution in [1.29, 1.82) is 0 Å². The maximum absolute atomic E-state index is 11.7. The lowest BCUT2D eigenvalue weighted by molar-refractivity contribution is -0.127. The lowest BCUT2D eigenvalue weighted by Crippen LogP contribution is -2.46. The summed E-state index contributed by atoms with van der Waals surface area (Å²) in [7, 11) is 3.48. The largest absolute Gasteiger partial charge is 0.381 e. The first-order valence-electron chi connectivity index (χ1n) is 7.73. The number of halogens is 1. The van der Waals surface area contributed by atoms with Gasteiger partial charge in [-0.05, 0) is 19.3 Å². The Kier molecular flexibility index (Phi) is 10.8. The third kappa shape index (κ3) is 8.17. The quantitative estimate of drug-likeness (QED) is 0.382. The molecular formula is C15H31IN4O2. The van der Waals surface area contributed by atoms with E-state index in [2.05, 4.69) is 36.4 Å². The van der Waals surface area contributed by atoms with Gasteiger partial charge in [-0.15, -0.1) is 24.0 Å². The van der Waals surface area contributed by atoms with Crippen LogP contribution >= 0.6 is 24.0 Å². The highest BCUT2D eigenvalue weighted by Gasteiger charge is 2.17. The van der Waals surface area contributed by atoms with Crippen LogP contribution in [0, 0.1) is 11.8 Å². The molecule has 2 atom stereocenters. The summed E-state index contributed by atoms with van der Waals surface area (Å²) in [6, 6.07) is 0.297. The van der Waals surface area contributed by atoms with E-state index in [1.165, 1.54) is 0 Å². The molecule has 0 aliphatic carbocycles. The fraction of sp³-hybridized carbons (Fsp3) is 0.867. The average Bonchev–Trinajstić information content (AvgIpc) is 2.94. The number of ether oxygens (including phenoxy) is 1. The van der Waals surface area contributed by atoms with Crippen molar-refractivity contribution in [2.24, 2.45) is 16.8 Å². The lowest BCUT2D eigenvalue weighted by Gasteiger charge is -2.22. The van der Waals surface area contributed by atoms with Crippen LogP contribution in [0.25, 0.3) is 0 Å². The first-order valence-corrected chi connectivity index (χ1v) is 7.73. The minimum absolute atomic E-state index is 0. The second kappa shape index (κ2) is 11.0.